The molecule has 18 heavy (non-hydrogen) atoms. The molecule has 2 unspecified atom stereocenters. The maximum Gasteiger partial charge on any atom is 0.0749 e. The standard InChI is InChI=1S/C15H22N2O/c16-14-8-9-17(11-12-5-3-4-10-18-12)15-7-2-1-6-13(14)15/h1-2,6-7,12,14H,3-5,8-11,16H2. The Balaban J connectivity index is 1.75. The number of ether oxygens (including phenoxy) is 1. The van der Waals surface area contributed by atoms with Crippen LogP contribution in [0.1, 0.15) is 37.3 Å². The van der Waals surface area contributed by atoms with Crippen LogP contribution in [0, 0.1) is 0 Å². The first-order valence-corrected chi connectivity index (χ1v) is 7.05. The molecule has 2 N–H and O–H groups in total. The largest absolute Gasteiger partial charge is 0.376 e. The first kappa shape index (κ1) is 12.0. The molecule has 0 radical (unpaired) electrons. The van der Waals surface area contributed by atoms with E-state index in [1.807, 2.05) is 0 Å². The topological polar surface area (TPSA) is 38.5 Å². The Morgan fingerprint density at radius 3 is 2.94 bits per heavy atom. The zero-order chi connectivity index (χ0) is 12.4. The maximum absolute atomic E-state index is 6.18. The van der Waals surface area contributed by atoms with Gasteiger partial charge >= 0.3 is 0 Å². The fourth-order valence-corrected chi connectivity index (χ4v) is 3.05. The van der Waals surface area contributed by atoms with Crippen LogP contribution in [-0.4, -0.2) is 25.8 Å². The van der Waals surface area contributed by atoms with Crippen LogP contribution in [0.2, 0.25) is 0 Å². The third-order valence-electron chi connectivity index (χ3n) is 4.08. The lowest BCUT2D eigenvalue weighted by atomic mass is 9.96. The third-order valence-corrected chi connectivity index (χ3v) is 4.08. The Kier molecular flexibility index (Phi) is 3.52. The van der Waals surface area contributed by atoms with Gasteiger partial charge in [-0.1, -0.05) is 18.2 Å². The molecule has 98 valence electrons. The summed E-state index contributed by atoms with van der Waals surface area (Å²) in [6.07, 6.45) is 5.17. The molecule has 1 fully saturated rings. The molecule has 3 rings (SSSR count). The zero-order valence-corrected chi connectivity index (χ0v) is 10.8. The van der Waals surface area contributed by atoms with Gasteiger partial charge in [0.15, 0.2) is 0 Å². The van der Waals surface area contributed by atoms with Crippen molar-refractivity contribution in [2.45, 2.75) is 37.8 Å². The third kappa shape index (κ3) is 2.38. The number of fused-ring (bicyclic) bond motifs is 1. The summed E-state index contributed by atoms with van der Waals surface area (Å²) < 4.78 is 5.85. The summed E-state index contributed by atoms with van der Waals surface area (Å²) >= 11 is 0. The average Bonchev–Trinajstić information content (AvgIpc) is 2.44. The molecule has 0 aromatic heterocycles. The van der Waals surface area contributed by atoms with Crippen LogP contribution in [0.5, 0.6) is 0 Å². The summed E-state index contributed by atoms with van der Waals surface area (Å²) in [5.74, 6) is 0. The number of nitrogens with zero attached hydrogens (tertiary/aromatic N) is 1. The van der Waals surface area contributed by atoms with E-state index in [4.69, 9.17) is 10.5 Å². The van der Waals surface area contributed by atoms with Gasteiger partial charge in [0, 0.05) is 31.4 Å². The molecular formula is C15H22N2O. The second-order valence-corrected chi connectivity index (χ2v) is 5.39. The van der Waals surface area contributed by atoms with Gasteiger partial charge in [-0.25, -0.2) is 0 Å². The van der Waals surface area contributed by atoms with Crippen molar-refractivity contribution in [3.63, 3.8) is 0 Å². The number of nitrogens with two attached hydrogens (primary N) is 1. The summed E-state index contributed by atoms with van der Waals surface area (Å²) in [6, 6.07) is 8.74. The van der Waals surface area contributed by atoms with Crippen LogP contribution in [-0.2, 0) is 4.74 Å². The van der Waals surface area contributed by atoms with Crippen LogP contribution in [0.3, 0.4) is 0 Å². The molecule has 1 aromatic rings. The van der Waals surface area contributed by atoms with Crippen molar-refractivity contribution in [3.05, 3.63) is 29.8 Å². The molecule has 2 aliphatic heterocycles. The van der Waals surface area contributed by atoms with Crippen LogP contribution in [0.25, 0.3) is 0 Å². The van der Waals surface area contributed by atoms with Gasteiger partial charge in [-0.2, -0.15) is 0 Å². The van der Waals surface area contributed by atoms with E-state index < -0.39 is 0 Å². The number of anilines is 1. The molecule has 3 nitrogen and oxygen atoms in total. The number of para-hydroxylation sites is 1. The molecule has 2 heterocycles. The summed E-state index contributed by atoms with van der Waals surface area (Å²) in [4.78, 5) is 2.45. The van der Waals surface area contributed by atoms with E-state index in [1.165, 1.54) is 30.5 Å². The van der Waals surface area contributed by atoms with Crippen molar-refractivity contribution < 1.29 is 4.74 Å². The molecule has 1 saturated heterocycles. The van der Waals surface area contributed by atoms with E-state index >= 15 is 0 Å². The smallest absolute Gasteiger partial charge is 0.0749 e. The molecule has 1 aromatic carbocycles. The lowest BCUT2D eigenvalue weighted by Crippen LogP contribution is -2.40. The van der Waals surface area contributed by atoms with E-state index in [9.17, 15) is 0 Å². The van der Waals surface area contributed by atoms with Crippen molar-refractivity contribution in [1.29, 1.82) is 0 Å². The predicted molar refractivity (Wildman–Crippen MR) is 73.8 cm³/mol. The predicted octanol–water partition coefficient (Wildman–Crippen LogP) is 2.47. The SMILES string of the molecule is NC1CCN(CC2CCCCO2)c2ccccc21. The van der Waals surface area contributed by atoms with E-state index in [0.717, 1.165) is 26.1 Å². The second-order valence-electron chi connectivity index (χ2n) is 5.39. The van der Waals surface area contributed by atoms with Gasteiger partial charge in [0.2, 0.25) is 0 Å². The molecule has 2 aliphatic rings. The molecule has 0 amide bonds. The van der Waals surface area contributed by atoms with Crippen molar-refractivity contribution in [1.82, 2.24) is 0 Å². The van der Waals surface area contributed by atoms with E-state index in [2.05, 4.69) is 29.2 Å². The minimum absolute atomic E-state index is 0.199. The summed E-state index contributed by atoms with van der Waals surface area (Å²) in [7, 11) is 0. The molecule has 0 saturated carbocycles. The minimum Gasteiger partial charge on any atom is -0.376 e. The van der Waals surface area contributed by atoms with Gasteiger partial charge in [0.05, 0.1) is 6.10 Å². The van der Waals surface area contributed by atoms with Crippen LogP contribution < -0.4 is 10.6 Å². The fourth-order valence-electron chi connectivity index (χ4n) is 3.05. The highest BCUT2D eigenvalue weighted by atomic mass is 16.5. The highest BCUT2D eigenvalue weighted by Crippen LogP contribution is 2.32. The summed E-state index contributed by atoms with van der Waals surface area (Å²) in [6.45, 7) is 3.00. The average molecular weight is 246 g/mol. The second kappa shape index (κ2) is 5.29. The molecular weight excluding hydrogens is 224 g/mol. The van der Waals surface area contributed by atoms with E-state index in [0.29, 0.717) is 6.10 Å². The molecule has 2 atom stereocenters. The Hall–Kier alpha value is -1.06. The lowest BCUT2D eigenvalue weighted by Gasteiger charge is -2.37. The highest BCUT2D eigenvalue weighted by Gasteiger charge is 2.25. The number of hydrogen-bond acceptors (Lipinski definition) is 3. The normalized spacial score (nSPS) is 27.9. The first-order chi connectivity index (χ1) is 8.84. The molecule has 3 heteroatoms. The van der Waals surface area contributed by atoms with Gasteiger partial charge in [0.25, 0.3) is 0 Å². The fraction of sp³-hybridized carbons (Fsp3) is 0.600. The quantitative estimate of drug-likeness (QED) is 0.871. The van der Waals surface area contributed by atoms with Crippen molar-refractivity contribution in [3.8, 4) is 0 Å². The first-order valence-electron chi connectivity index (χ1n) is 7.05. The number of rotatable bonds is 2. The van der Waals surface area contributed by atoms with Gasteiger partial charge in [-0.3, -0.25) is 0 Å². The molecule has 0 aliphatic carbocycles. The Labute approximate surface area is 109 Å². The van der Waals surface area contributed by atoms with Gasteiger partial charge in [-0.05, 0) is 37.3 Å². The Morgan fingerprint density at radius 1 is 1.22 bits per heavy atom. The number of hydrogen-bond donors (Lipinski definition) is 1. The van der Waals surface area contributed by atoms with Gasteiger partial charge < -0.3 is 15.4 Å². The zero-order valence-electron chi connectivity index (χ0n) is 10.8. The van der Waals surface area contributed by atoms with Crippen LogP contribution in [0.15, 0.2) is 24.3 Å². The van der Waals surface area contributed by atoms with Gasteiger partial charge in [0.1, 0.15) is 0 Å². The van der Waals surface area contributed by atoms with Crippen LogP contribution >= 0.6 is 0 Å². The Bertz CT molecular complexity index is 401. The van der Waals surface area contributed by atoms with Crippen molar-refractivity contribution >= 4 is 5.69 Å². The van der Waals surface area contributed by atoms with Crippen molar-refractivity contribution in [2.75, 3.05) is 24.6 Å². The minimum atomic E-state index is 0.199. The van der Waals surface area contributed by atoms with Crippen molar-refractivity contribution in [2.24, 2.45) is 5.73 Å². The number of benzene rings is 1. The monoisotopic (exact) mass is 246 g/mol. The molecule has 0 spiro atoms. The summed E-state index contributed by atoms with van der Waals surface area (Å²) in [5, 5.41) is 0. The highest BCUT2D eigenvalue weighted by molar-refractivity contribution is 5.56. The Morgan fingerprint density at radius 2 is 2.11 bits per heavy atom. The lowest BCUT2D eigenvalue weighted by molar-refractivity contribution is 0.0207. The molecule has 0 bridgehead atoms. The van der Waals surface area contributed by atoms with E-state index in [-0.39, 0.29) is 6.04 Å². The van der Waals surface area contributed by atoms with Crippen LogP contribution in [0.4, 0.5) is 5.69 Å². The van der Waals surface area contributed by atoms with E-state index in [1.54, 1.807) is 0 Å². The summed E-state index contributed by atoms with van der Waals surface area (Å²) in [5.41, 5.74) is 8.79. The van der Waals surface area contributed by atoms with Gasteiger partial charge in [-0.15, -0.1) is 0 Å². The maximum atomic E-state index is 6.18.